The Morgan fingerprint density at radius 3 is 2.76 bits per heavy atom. The van der Waals surface area contributed by atoms with Crippen molar-refractivity contribution < 1.29 is 15.1 Å². The number of likely N-dealkylation sites (N-methyl/N-ethyl adjacent to an activating group) is 1. The molecular formula is C11H17N3O3. The summed E-state index contributed by atoms with van der Waals surface area (Å²) in [5.41, 5.74) is 6.91. The van der Waals surface area contributed by atoms with Crippen molar-refractivity contribution in [3.8, 4) is 5.75 Å². The summed E-state index contributed by atoms with van der Waals surface area (Å²) in [5, 5.41) is 20.6. The predicted molar refractivity (Wildman–Crippen MR) is 65.9 cm³/mol. The molecule has 0 spiro atoms. The van der Waals surface area contributed by atoms with Gasteiger partial charge in [-0.05, 0) is 12.1 Å². The Morgan fingerprint density at radius 1 is 1.53 bits per heavy atom. The number of anilines is 1. The van der Waals surface area contributed by atoms with Gasteiger partial charge >= 0.3 is 0 Å². The SMILES string of the molecule is COc1ccc(/C(N)=N/O)c(N(C)CCO)c1. The minimum atomic E-state index is 0.0172. The first kappa shape index (κ1) is 13.1. The van der Waals surface area contributed by atoms with E-state index in [1.165, 1.54) is 0 Å². The van der Waals surface area contributed by atoms with Crippen LogP contribution >= 0.6 is 0 Å². The van der Waals surface area contributed by atoms with E-state index in [9.17, 15) is 0 Å². The number of rotatable bonds is 5. The summed E-state index contributed by atoms with van der Waals surface area (Å²) in [4.78, 5) is 1.80. The van der Waals surface area contributed by atoms with E-state index in [1.807, 2.05) is 0 Å². The normalized spacial score (nSPS) is 11.4. The molecule has 0 saturated carbocycles. The van der Waals surface area contributed by atoms with Crippen LogP contribution in [0.15, 0.2) is 23.4 Å². The molecule has 94 valence electrons. The third kappa shape index (κ3) is 3.01. The van der Waals surface area contributed by atoms with Crippen molar-refractivity contribution in [3.63, 3.8) is 0 Å². The molecule has 0 aromatic heterocycles. The molecule has 0 aliphatic rings. The lowest BCUT2D eigenvalue weighted by molar-refractivity contribution is 0.304. The summed E-state index contributed by atoms with van der Waals surface area (Å²) in [7, 11) is 3.37. The maximum Gasteiger partial charge on any atom is 0.172 e. The number of hydrogen-bond donors (Lipinski definition) is 3. The summed E-state index contributed by atoms with van der Waals surface area (Å²) in [5.74, 6) is 0.687. The maximum absolute atomic E-state index is 8.93. The Labute approximate surface area is 99.9 Å². The zero-order valence-electron chi connectivity index (χ0n) is 9.92. The van der Waals surface area contributed by atoms with Gasteiger partial charge in [-0.1, -0.05) is 5.16 Å². The lowest BCUT2D eigenvalue weighted by Gasteiger charge is -2.21. The maximum atomic E-state index is 8.93. The first-order chi connectivity index (χ1) is 8.13. The van der Waals surface area contributed by atoms with Gasteiger partial charge in [0.2, 0.25) is 0 Å². The van der Waals surface area contributed by atoms with Gasteiger partial charge < -0.3 is 25.7 Å². The molecular weight excluding hydrogens is 222 g/mol. The zero-order valence-corrected chi connectivity index (χ0v) is 9.92. The fraction of sp³-hybridized carbons (Fsp3) is 0.364. The number of hydrogen-bond acceptors (Lipinski definition) is 5. The van der Waals surface area contributed by atoms with Crippen LogP contribution in [-0.4, -0.2) is 43.5 Å². The molecule has 0 aliphatic heterocycles. The first-order valence-electron chi connectivity index (χ1n) is 5.12. The number of oxime groups is 1. The lowest BCUT2D eigenvalue weighted by Crippen LogP contribution is -2.25. The van der Waals surface area contributed by atoms with Gasteiger partial charge in [0.15, 0.2) is 5.84 Å². The molecule has 0 radical (unpaired) electrons. The highest BCUT2D eigenvalue weighted by molar-refractivity contribution is 6.02. The van der Waals surface area contributed by atoms with E-state index >= 15 is 0 Å². The molecule has 0 bridgehead atoms. The number of aliphatic hydroxyl groups excluding tert-OH is 1. The van der Waals surface area contributed by atoms with Crippen LogP contribution in [0.2, 0.25) is 0 Å². The molecule has 4 N–H and O–H groups in total. The van der Waals surface area contributed by atoms with E-state index in [4.69, 9.17) is 20.8 Å². The van der Waals surface area contributed by atoms with Crippen molar-refractivity contribution >= 4 is 11.5 Å². The second-order valence-electron chi connectivity index (χ2n) is 3.51. The molecule has 0 saturated heterocycles. The van der Waals surface area contributed by atoms with Gasteiger partial charge in [0.05, 0.1) is 19.4 Å². The number of benzene rings is 1. The predicted octanol–water partition coefficient (Wildman–Crippen LogP) is 0.218. The first-order valence-corrected chi connectivity index (χ1v) is 5.12. The number of amidine groups is 1. The Kier molecular flexibility index (Phi) is 4.59. The van der Waals surface area contributed by atoms with Crippen molar-refractivity contribution in [2.75, 3.05) is 32.2 Å². The molecule has 6 heteroatoms. The molecule has 6 nitrogen and oxygen atoms in total. The van der Waals surface area contributed by atoms with Crippen LogP contribution in [0.4, 0.5) is 5.69 Å². The van der Waals surface area contributed by atoms with E-state index in [2.05, 4.69) is 5.16 Å². The average Bonchev–Trinajstić information content (AvgIpc) is 2.37. The van der Waals surface area contributed by atoms with Crippen LogP contribution in [0.5, 0.6) is 5.75 Å². The van der Waals surface area contributed by atoms with E-state index < -0.39 is 0 Å². The van der Waals surface area contributed by atoms with Gasteiger partial charge in [-0.25, -0.2) is 0 Å². The van der Waals surface area contributed by atoms with Gasteiger partial charge in [-0.2, -0.15) is 0 Å². The minimum absolute atomic E-state index is 0.0172. The topological polar surface area (TPSA) is 91.3 Å². The van der Waals surface area contributed by atoms with Crippen LogP contribution in [0.3, 0.4) is 0 Å². The van der Waals surface area contributed by atoms with Crippen molar-refractivity contribution in [1.82, 2.24) is 0 Å². The second-order valence-corrected chi connectivity index (χ2v) is 3.51. The quantitative estimate of drug-likeness (QED) is 0.296. The smallest absolute Gasteiger partial charge is 0.172 e. The summed E-state index contributed by atoms with van der Waals surface area (Å²) >= 11 is 0. The zero-order chi connectivity index (χ0) is 12.8. The Bertz CT molecular complexity index is 407. The van der Waals surface area contributed by atoms with Gasteiger partial charge in [0.1, 0.15) is 5.75 Å². The van der Waals surface area contributed by atoms with Crippen LogP contribution in [-0.2, 0) is 0 Å². The summed E-state index contributed by atoms with van der Waals surface area (Å²) in [6.07, 6.45) is 0. The van der Waals surface area contributed by atoms with Crippen LogP contribution in [0.25, 0.3) is 0 Å². The molecule has 17 heavy (non-hydrogen) atoms. The molecule has 0 amide bonds. The Hall–Kier alpha value is -1.95. The molecule has 0 atom stereocenters. The van der Waals surface area contributed by atoms with E-state index in [0.29, 0.717) is 17.9 Å². The third-order valence-corrected chi connectivity index (χ3v) is 2.44. The fourth-order valence-corrected chi connectivity index (χ4v) is 1.50. The third-order valence-electron chi connectivity index (χ3n) is 2.44. The van der Waals surface area contributed by atoms with Crippen LogP contribution in [0.1, 0.15) is 5.56 Å². The van der Waals surface area contributed by atoms with Crippen molar-refractivity contribution in [2.45, 2.75) is 0 Å². The highest BCUT2D eigenvalue weighted by atomic mass is 16.5. The van der Waals surface area contributed by atoms with E-state index in [1.54, 1.807) is 37.3 Å². The number of methoxy groups -OCH3 is 1. The number of ether oxygens (including phenoxy) is 1. The number of nitrogens with two attached hydrogens (primary N) is 1. The monoisotopic (exact) mass is 239 g/mol. The fourth-order valence-electron chi connectivity index (χ4n) is 1.50. The lowest BCUT2D eigenvalue weighted by atomic mass is 10.1. The average molecular weight is 239 g/mol. The van der Waals surface area contributed by atoms with Gasteiger partial charge in [-0.15, -0.1) is 0 Å². The second kappa shape index (κ2) is 5.95. The molecule has 1 rings (SSSR count). The molecule has 0 fully saturated rings. The molecule has 0 heterocycles. The van der Waals surface area contributed by atoms with Crippen molar-refractivity contribution in [1.29, 1.82) is 0 Å². The van der Waals surface area contributed by atoms with E-state index in [-0.39, 0.29) is 12.4 Å². The van der Waals surface area contributed by atoms with Crippen molar-refractivity contribution in [2.24, 2.45) is 10.9 Å². The Morgan fingerprint density at radius 2 is 2.24 bits per heavy atom. The van der Waals surface area contributed by atoms with Gasteiger partial charge in [0.25, 0.3) is 0 Å². The highest BCUT2D eigenvalue weighted by Gasteiger charge is 2.12. The summed E-state index contributed by atoms with van der Waals surface area (Å²) in [6, 6.07) is 5.20. The molecule has 1 aromatic rings. The largest absolute Gasteiger partial charge is 0.497 e. The van der Waals surface area contributed by atoms with Gasteiger partial charge in [0, 0.05) is 25.2 Å². The summed E-state index contributed by atoms with van der Waals surface area (Å²) in [6.45, 7) is 0.461. The standard InChI is InChI=1S/C11H17N3O3/c1-14(5-6-15)10-7-8(17-2)3-4-9(10)11(12)13-16/h3-4,7,15-16H,5-6H2,1-2H3,(H2,12,13). The molecule has 0 unspecified atom stereocenters. The van der Waals surface area contributed by atoms with Gasteiger partial charge in [-0.3, -0.25) is 0 Å². The Balaban J connectivity index is 3.20. The molecule has 0 aliphatic carbocycles. The number of aliphatic hydroxyl groups is 1. The number of nitrogens with zero attached hydrogens (tertiary/aromatic N) is 2. The van der Waals surface area contributed by atoms with Crippen LogP contribution in [0, 0.1) is 0 Å². The summed E-state index contributed by atoms with van der Waals surface area (Å²) < 4.78 is 5.12. The highest BCUT2D eigenvalue weighted by Crippen LogP contribution is 2.25. The van der Waals surface area contributed by atoms with Crippen LogP contribution < -0.4 is 15.4 Å². The minimum Gasteiger partial charge on any atom is -0.497 e. The van der Waals surface area contributed by atoms with E-state index in [0.717, 1.165) is 5.69 Å². The molecule has 1 aromatic carbocycles. The van der Waals surface area contributed by atoms with Crippen molar-refractivity contribution in [3.05, 3.63) is 23.8 Å².